The highest BCUT2D eigenvalue weighted by Crippen LogP contribution is 2.17. The summed E-state index contributed by atoms with van der Waals surface area (Å²) in [6.07, 6.45) is 2.28. The lowest BCUT2D eigenvalue weighted by molar-refractivity contribution is -0.120. The number of ether oxygens (including phenoxy) is 1. The second-order valence-electron chi connectivity index (χ2n) is 5.86. The van der Waals surface area contributed by atoms with Crippen molar-refractivity contribution in [1.82, 2.24) is 5.43 Å². The molecule has 0 spiro atoms. The molecule has 29 heavy (non-hydrogen) atoms. The van der Waals surface area contributed by atoms with E-state index in [1.807, 2.05) is 0 Å². The van der Waals surface area contributed by atoms with E-state index in [4.69, 9.17) is 10.5 Å². The number of hydrogen-bond donors (Lipinski definition) is 2. The van der Waals surface area contributed by atoms with Gasteiger partial charge in [-0.3, -0.25) is 13.9 Å². The summed E-state index contributed by atoms with van der Waals surface area (Å²) in [5, 5.41) is 3.77. The molecule has 2 aromatic carbocycles. The quantitative estimate of drug-likeness (QED) is 0.451. The van der Waals surface area contributed by atoms with Crippen molar-refractivity contribution in [2.75, 3.05) is 23.7 Å². The first kappa shape index (κ1) is 21.8. The summed E-state index contributed by atoms with van der Waals surface area (Å²) in [5.41, 5.74) is 7.99. The van der Waals surface area contributed by atoms with E-state index in [0.717, 1.165) is 22.7 Å². The van der Waals surface area contributed by atoms with E-state index in [1.165, 1.54) is 18.3 Å². The molecule has 0 heterocycles. The van der Waals surface area contributed by atoms with Crippen molar-refractivity contribution >= 4 is 33.7 Å². The summed E-state index contributed by atoms with van der Waals surface area (Å²) in [4.78, 5) is 22.7. The molecule has 2 amide bonds. The lowest BCUT2D eigenvalue weighted by Gasteiger charge is -2.21. The number of benzene rings is 2. The molecule has 0 radical (unpaired) electrons. The topological polar surface area (TPSA) is 131 Å². The van der Waals surface area contributed by atoms with Crippen LogP contribution in [0.3, 0.4) is 0 Å². The van der Waals surface area contributed by atoms with Crippen molar-refractivity contribution < 1.29 is 27.1 Å². The van der Waals surface area contributed by atoms with Crippen molar-refractivity contribution in [2.45, 2.75) is 0 Å². The Kier molecular flexibility index (Phi) is 7.26. The normalized spacial score (nSPS) is 11.2. The number of halogens is 1. The molecule has 0 saturated carbocycles. The van der Waals surface area contributed by atoms with Crippen molar-refractivity contribution in [2.24, 2.45) is 10.8 Å². The minimum absolute atomic E-state index is 0.152. The highest BCUT2D eigenvalue weighted by Gasteiger charge is 2.20. The molecule has 0 aliphatic rings. The third-order valence-electron chi connectivity index (χ3n) is 3.47. The molecule has 3 N–H and O–H groups in total. The van der Waals surface area contributed by atoms with Crippen LogP contribution < -0.4 is 20.2 Å². The minimum atomic E-state index is -3.77. The first-order valence-corrected chi connectivity index (χ1v) is 10.1. The number of amides is 2. The number of carbonyl (C=O) groups excluding carboxylic acids is 2. The van der Waals surface area contributed by atoms with Gasteiger partial charge in [-0.15, -0.1) is 0 Å². The fourth-order valence-electron chi connectivity index (χ4n) is 2.16. The van der Waals surface area contributed by atoms with E-state index < -0.39 is 34.2 Å². The fraction of sp³-hybridized carbons (Fsp3) is 0.167. The largest absolute Gasteiger partial charge is 0.484 e. The zero-order valence-electron chi connectivity index (χ0n) is 15.4. The summed E-state index contributed by atoms with van der Waals surface area (Å²) in [7, 11) is -3.77. The number of rotatable bonds is 9. The molecule has 9 nitrogen and oxygen atoms in total. The third-order valence-corrected chi connectivity index (χ3v) is 4.61. The number of nitrogens with two attached hydrogens (primary N) is 1. The van der Waals surface area contributed by atoms with Crippen molar-refractivity contribution in [3.8, 4) is 5.75 Å². The molecule has 0 unspecified atom stereocenters. The van der Waals surface area contributed by atoms with Gasteiger partial charge in [-0.05, 0) is 54.1 Å². The van der Waals surface area contributed by atoms with Gasteiger partial charge in [-0.2, -0.15) is 5.10 Å². The predicted octanol–water partition coefficient (Wildman–Crippen LogP) is 0.606. The number of primary amides is 1. The second kappa shape index (κ2) is 9.64. The maximum Gasteiger partial charge on any atom is 0.260 e. The SMILES string of the molecule is CS(=O)(=O)N(CC(=O)N/N=C/c1ccc(OCC(N)=O)cc1)c1ccc(F)cc1. The summed E-state index contributed by atoms with van der Waals surface area (Å²) < 4.78 is 42.9. The van der Waals surface area contributed by atoms with Crippen LogP contribution in [0, 0.1) is 5.82 Å². The molecule has 0 aliphatic heterocycles. The highest BCUT2D eigenvalue weighted by atomic mass is 32.2. The molecule has 0 aromatic heterocycles. The number of sulfonamides is 1. The molecule has 0 aliphatic carbocycles. The zero-order valence-corrected chi connectivity index (χ0v) is 16.2. The molecule has 0 saturated heterocycles. The maximum absolute atomic E-state index is 13.0. The number of carbonyl (C=O) groups is 2. The molecule has 11 heteroatoms. The maximum atomic E-state index is 13.0. The highest BCUT2D eigenvalue weighted by molar-refractivity contribution is 7.92. The van der Waals surface area contributed by atoms with Crippen LogP contribution >= 0.6 is 0 Å². The van der Waals surface area contributed by atoms with Crippen molar-refractivity contribution in [3.05, 3.63) is 59.9 Å². The van der Waals surface area contributed by atoms with Gasteiger partial charge in [0.25, 0.3) is 11.8 Å². The molecular formula is C18H19FN4O5S. The molecule has 154 valence electrons. The Morgan fingerprint density at radius 1 is 1.17 bits per heavy atom. The van der Waals surface area contributed by atoms with Gasteiger partial charge in [0.1, 0.15) is 18.1 Å². The zero-order chi connectivity index (χ0) is 21.4. The number of anilines is 1. The Hall–Kier alpha value is -3.47. The summed E-state index contributed by atoms with van der Waals surface area (Å²) in [6.45, 7) is -0.768. The van der Waals surface area contributed by atoms with Gasteiger partial charge in [0, 0.05) is 0 Å². The standard InChI is InChI=1S/C18H19FN4O5S/c1-29(26,27)23(15-6-4-14(19)5-7-15)11-18(25)22-21-10-13-2-8-16(9-3-13)28-12-17(20)24/h2-10H,11-12H2,1H3,(H2,20,24)(H,22,25)/b21-10+. The van der Waals surface area contributed by atoms with Gasteiger partial charge in [0.05, 0.1) is 18.2 Å². The Labute approximate surface area is 167 Å². The molecule has 0 atom stereocenters. The number of hydrogen-bond acceptors (Lipinski definition) is 6. The Morgan fingerprint density at radius 3 is 2.34 bits per heavy atom. The van der Waals surface area contributed by atoms with E-state index in [0.29, 0.717) is 11.3 Å². The van der Waals surface area contributed by atoms with E-state index in [9.17, 15) is 22.4 Å². The van der Waals surface area contributed by atoms with E-state index in [1.54, 1.807) is 24.3 Å². The lowest BCUT2D eigenvalue weighted by Crippen LogP contribution is -2.39. The van der Waals surface area contributed by atoms with Gasteiger partial charge in [-0.25, -0.2) is 18.2 Å². The first-order chi connectivity index (χ1) is 13.6. The Morgan fingerprint density at radius 2 is 1.79 bits per heavy atom. The third kappa shape index (κ3) is 7.22. The smallest absolute Gasteiger partial charge is 0.260 e. The lowest BCUT2D eigenvalue weighted by atomic mass is 10.2. The van der Waals surface area contributed by atoms with E-state index in [2.05, 4.69) is 10.5 Å². The van der Waals surface area contributed by atoms with Gasteiger partial charge in [0.15, 0.2) is 6.61 Å². The fourth-order valence-corrected chi connectivity index (χ4v) is 3.01. The van der Waals surface area contributed by atoms with Crippen LogP contribution in [0.2, 0.25) is 0 Å². The predicted molar refractivity (Wildman–Crippen MR) is 105 cm³/mol. The molecule has 0 bridgehead atoms. The van der Waals surface area contributed by atoms with Crippen LogP contribution in [-0.4, -0.2) is 45.9 Å². The van der Waals surface area contributed by atoms with E-state index >= 15 is 0 Å². The van der Waals surface area contributed by atoms with Gasteiger partial charge < -0.3 is 10.5 Å². The summed E-state index contributed by atoms with van der Waals surface area (Å²) in [6, 6.07) is 11.2. The van der Waals surface area contributed by atoms with Crippen LogP contribution in [0.1, 0.15) is 5.56 Å². The average Bonchev–Trinajstić information content (AvgIpc) is 2.65. The Bertz CT molecular complexity index is 992. The first-order valence-electron chi connectivity index (χ1n) is 8.21. The molecule has 2 rings (SSSR count). The number of hydrazone groups is 1. The van der Waals surface area contributed by atoms with Crippen molar-refractivity contribution in [3.63, 3.8) is 0 Å². The molecular weight excluding hydrogens is 403 g/mol. The summed E-state index contributed by atoms with van der Waals surface area (Å²) >= 11 is 0. The van der Waals surface area contributed by atoms with Crippen LogP contribution in [0.4, 0.5) is 10.1 Å². The number of nitrogens with zero attached hydrogens (tertiary/aromatic N) is 2. The Balaban J connectivity index is 1.96. The van der Waals surface area contributed by atoms with Gasteiger partial charge in [0.2, 0.25) is 10.0 Å². The molecule has 2 aromatic rings. The van der Waals surface area contributed by atoms with E-state index in [-0.39, 0.29) is 12.3 Å². The van der Waals surface area contributed by atoms with Crippen LogP contribution in [0.25, 0.3) is 0 Å². The second-order valence-corrected chi connectivity index (χ2v) is 7.77. The van der Waals surface area contributed by atoms with Gasteiger partial charge in [-0.1, -0.05) is 0 Å². The molecule has 0 fully saturated rings. The van der Waals surface area contributed by atoms with Crippen molar-refractivity contribution in [1.29, 1.82) is 0 Å². The van der Waals surface area contributed by atoms with Crippen LogP contribution in [0.15, 0.2) is 53.6 Å². The summed E-state index contributed by atoms with van der Waals surface area (Å²) in [5.74, 6) is -1.37. The van der Waals surface area contributed by atoms with Gasteiger partial charge >= 0.3 is 0 Å². The minimum Gasteiger partial charge on any atom is -0.484 e. The average molecular weight is 422 g/mol. The van der Waals surface area contributed by atoms with Crippen LogP contribution in [-0.2, 0) is 19.6 Å². The monoisotopic (exact) mass is 422 g/mol. The number of nitrogens with one attached hydrogen (secondary N) is 1. The van der Waals surface area contributed by atoms with Crippen LogP contribution in [0.5, 0.6) is 5.75 Å².